The molecule has 100 valence electrons. The molecule has 0 aromatic carbocycles. The van der Waals surface area contributed by atoms with Crippen molar-refractivity contribution in [2.45, 2.75) is 58.5 Å². The molecule has 2 unspecified atom stereocenters. The van der Waals surface area contributed by atoms with E-state index in [4.69, 9.17) is 0 Å². The van der Waals surface area contributed by atoms with E-state index < -0.39 is 0 Å². The van der Waals surface area contributed by atoms with E-state index in [2.05, 4.69) is 31.4 Å². The summed E-state index contributed by atoms with van der Waals surface area (Å²) in [5, 5.41) is 15.0. The minimum absolute atomic E-state index is 0.00338. The van der Waals surface area contributed by atoms with Crippen LogP contribution in [0.1, 0.15) is 46.5 Å². The predicted octanol–water partition coefficient (Wildman–Crippen LogP) is 1.88. The molecule has 0 aromatic rings. The Hall–Kier alpha value is -0.770. The number of aliphatic hydroxyl groups excluding tert-OH is 1. The fourth-order valence-corrected chi connectivity index (χ4v) is 2.24. The lowest BCUT2D eigenvalue weighted by molar-refractivity contribution is 0.193. The molecule has 0 heterocycles. The Labute approximate surface area is 104 Å². The van der Waals surface area contributed by atoms with Crippen molar-refractivity contribution in [3.63, 3.8) is 0 Å². The Morgan fingerprint density at radius 3 is 2.35 bits per heavy atom. The maximum absolute atomic E-state index is 11.7. The fraction of sp³-hybridized carbons (Fsp3) is 0.923. The maximum Gasteiger partial charge on any atom is 0.315 e. The third-order valence-corrected chi connectivity index (χ3v) is 3.53. The monoisotopic (exact) mass is 242 g/mol. The van der Waals surface area contributed by atoms with E-state index in [1.165, 1.54) is 19.3 Å². The minimum atomic E-state index is -0.149. The van der Waals surface area contributed by atoms with E-state index in [1.54, 1.807) is 0 Å². The Morgan fingerprint density at radius 1 is 1.29 bits per heavy atom. The van der Waals surface area contributed by atoms with Crippen molar-refractivity contribution in [2.75, 3.05) is 6.61 Å². The second-order valence-corrected chi connectivity index (χ2v) is 5.61. The van der Waals surface area contributed by atoms with Gasteiger partial charge in [-0.25, -0.2) is 4.79 Å². The number of amides is 2. The lowest BCUT2D eigenvalue weighted by Crippen LogP contribution is -2.49. The molecular weight excluding hydrogens is 216 g/mol. The summed E-state index contributed by atoms with van der Waals surface area (Å²) in [5.74, 6) is 1.11. The van der Waals surface area contributed by atoms with Crippen LogP contribution in [0.4, 0.5) is 4.79 Å². The summed E-state index contributed by atoms with van der Waals surface area (Å²) in [5.41, 5.74) is 0. The average Bonchev–Trinajstić information content (AvgIpc) is 2.12. The Balaban J connectivity index is 2.26. The summed E-state index contributed by atoms with van der Waals surface area (Å²) in [6.45, 7) is 6.22. The van der Waals surface area contributed by atoms with Gasteiger partial charge in [-0.15, -0.1) is 0 Å². The first-order valence-electron chi connectivity index (χ1n) is 6.70. The van der Waals surface area contributed by atoms with Crippen LogP contribution in [0.5, 0.6) is 0 Å². The van der Waals surface area contributed by atoms with Crippen LogP contribution in [-0.2, 0) is 0 Å². The number of hydrogen-bond donors (Lipinski definition) is 3. The van der Waals surface area contributed by atoms with Gasteiger partial charge in [-0.05, 0) is 38.0 Å². The number of nitrogens with one attached hydrogen (secondary N) is 2. The highest BCUT2D eigenvalue weighted by Gasteiger charge is 2.25. The van der Waals surface area contributed by atoms with E-state index in [0.29, 0.717) is 11.8 Å². The zero-order chi connectivity index (χ0) is 12.8. The molecule has 4 nitrogen and oxygen atoms in total. The molecule has 2 atom stereocenters. The number of carbonyl (C=O) groups excluding carboxylic acids is 1. The molecule has 0 aliphatic heterocycles. The van der Waals surface area contributed by atoms with Crippen LogP contribution in [0.25, 0.3) is 0 Å². The highest BCUT2D eigenvalue weighted by atomic mass is 16.3. The lowest BCUT2D eigenvalue weighted by atomic mass is 9.80. The summed E-state index contributed by atoms with van der Waals surface area (Å²) in [6, 6.07) is -0.0465. The second-order valence-electron chi connectivity index (χ2n) is 5.61. The molecule has 17 heavy (non-hydrogen) atoms. The molecule has 1 fully saturated rings. The molecule has 1 rings (SSSR count). The molecule has 0 spiro atoms. The van der Waals surface area contributed by atoms with Gasteiger partial charge in [-0.1, -0.05) is 20.3 Å². The van der Waals surface area contributed by atoms with E-state index >= 15 is 0 Å². The third-order valence-electron chi connectivity index (χ3n) is 3.53. The first-order valence-corrected chi connectivity index (χ1v) is 6.70. The van der Waals surface area contributed by atoms with Gasteiger partial charge in [0.05, 0.1) is 12.6 Å². The normalized spacial score (nSPS) is 19.6. The number of rotatable bonds is 6. The van der Waals surface area contributed by atoms with Gasteiger partial charge >= 0.3 is 6.03 Å². The average molecular weight is 242 g/mol. The summed E-state index contributed by atoms with van der Waals surface area (Å²) in [4.78, 5) is 11.7. The molecule has 3 N–H and O–H groups in total. The van der Waals surface area contributed by atoms with Gasteiger partial charge in [0.1, 0.15) is 0 Å². The quantitative estimate of drug-likeness (QED) is 0.666. The first kappa shape index (κ1) is 14.3. The van der Waals surface area contributed by atoms with Crippen molar-refractivity contribution in [3.05, 3.63) is 0 Å². The van der Waals surface area contributed by atoms with Crippen LogP contribution >= 0.6 is 0 Å². The van der Waals surface area contributed by atoms with Crippen LogP contribution in [0.3, 0.4) is 0 Å². The molecule has 0 bridgehead atoms. The summed E-state index contributed by atoms with van der Waals surface area (Å²) in [6.07, 6.45) is 4.53. The molecule has 0 saturated heterocycles. The predicted molar refractivity (Wildman–Crippen MR) is 68.8 cm³/mol. The topological polar surface area (TPSA) is 61.4 Å². The van der Waals surface area contributed by atoms with Crippen molar-refractivity contribution in [2.24, 2.45) is 11.8 Å². The van der Waals surface area contributed by atoms with Crippen LogP contribution in [-0.4, -0.2) is 29.8 Å². The van der Waals surface area contributed by atoms with Gasteiger partial charge in [-0.2, -0.15) is 0 Å². The number of urea groups is 1. The fourth-order valence-electron chi connectivity index (χ4n) is 2.24. The molecule has 4 heteroatoms. The molecular formula is C13H26N2O2. The van der Waals surface area contributed by atoms with Crippen LogP contribution < -0.4 is 10.6 Å². The summed E-state index contributed by atoms with van der Waals surface area (Å²) in [7, 11) is 0. The zero-order valence-corrected chi connectivity index (χ0v) is 11.2. The third kappa shape index (κ3) is 4.94. The van der Waals surface area contributed by atoms with Gasteiger partial charge < -0.3 is 15.7 Å². The van der Waals surface area contributed by atoms with E-state index in [9.17, 15) is 9.90 Å². The Kier molecular flexibility index (Phi) is 5.75. The Bertz CT molecular complexity index is 240. The van der Waals surface area contributed by atoms with E-state index in [0.717, 1.165) is 6.42 Å². The molecule has 2 amide bonds. The van der Waals surface area contributed by atoms with Gasteiger partial charge in [0.2, 0.25) is 0 Å². The lowest BCUT2D eigenvalue weighted by Gasteiger charge is -2.32. The van der Waals surface area contributed by atoms with Crippen molar-refractivity contribution >= 4 is 6.03 Å². The highest BCUT2D eigenvalue weighted by Crippen LogP contribution is 2.29. The number of hydrogen-bond acceptors (Lipinski definition) is 2. The molecule has 1 saturated carbocycles. The van der Waals surface area contributed by atoms with Gasteiger partial charge in [0.25, 0.3) is 0 Å². The largest absolute Gasteiger partial charge is 0.394 e. The van der Waals surface area contributed by atoms with Gasteiger partial charge in [0.15, 0.2) is 0 Å². The highest BCUT2D eigenvalue weighted by molar-refractivity contribution is 5.74. The molecule has 1 aliphatic rings. The Morgan fingerprint density at radius 2 is 1.94 bits per heavy atom. The van der Waals surface area contributed by atoms with Crippen LogP contribution in [0.15, 0.2) is 0 Å². The van der Waals surface area contributed by atoms with Gasteiger partial charge in [0, 0.05) is 6.04 Å². The summed E-state index contributed by atoms with van der Waals surface area (Å²) >= 11 is 0. The maximum atomic E-state index is 11.7. The molecule has 0 aromatic heterocycles. The van der Waals surface area contributed by atoms with E-state index in [1.807, 2.05) is 0 Å². The molecule has 0 radical (unpaired) electrons. The van der Waals surface area contributed by atoms with Crippen molar-refractivity contribution in [1.29, 1.82) is 0 Å². The van der Waals surface area contributed by atoms with Gasteiger partial charge in [-0.3, -0.25) is 0 Å². The van der Waals surface area contributed by atoms with Crippen LogP contribution in [0, 0.1) is 11.8 Å². The second kappa shape index (κ2) is 6.84. The van der Waals surface area contributed by atoms with E-state index in [-0.39, 0.29) is 24.7 Å². The zero-order valence-electron chi connectivity index (χ0n) is 11.2. The first-order chi connectivity index (χ1) is 8.02. The number of aliphatic hydroxyl groups is 1. The minimum Gasteiger partial charge on any atom is -0.394 e. The van der Waals surface area contributed by atoms with Crippen molar-refractivity contribution < 1.29 is 9.90 Å². The summed E-state index contributed by atoms with van der Waals surface area (Å²) < 4.78 is 0. The SMILES string of the molecule is CC(C)CC(CO)NC(=O)NC(C)C1CCC1. The number of carbonyl (C=O) groups is 1. The standard InChI is InChI=1S/C13H26N2O2/c1-9(2)7-12(8-16)15-13(17)14-10(3)11-5-4-6-11/h9-12,16H,4-8H2,1-3H3,(H2,14,15,17). The smallest absolute Gasteiger partial charge is 0.315 e. The molecule has 1 aliphatic carbocycles. The van der Waals surface area contributed by atoms with Crippen molar-refractivity contribution in [3.8, 4) is 0 Å². The van der Waals surface area contributed by atoms with Crippen molar-refractivity contribution in [1.82, 2.24) is 10.6 Å². The van der Waals surface area contributed by atoms with Crippen LogP contribution in [0.2, 0.25) is 0 Å².